The summed E-state index contributed by atoms with van der Waals surface area (Å²) < 4.78 is 56.9. The van der Waals surface area contributed by atoms with Crippen LogP contribution in [0.4, 0.5) is 0 Å². The van der Waals surface area contributed by atoms with E-state index in [1.165, 1.54) is 34.8 Å². The van der Waals surface area contributed by atoms with Gasteiger partial charge in [0, 0.05) is 86.5 Å². The number of aryl methyl sites for hydroxylation is 2. The third kappa shape index (κ3) is 8.66. The standard InChI is InChI=1S/C35H45ClN6O7S2/c1-50(46,47)40-22-15-31-29(24-40)34(38-42(31)19-6-17-39-20-13-27(14-21-39)41-18-5-10-33(41)43)26-11-12-30(36)25(23-26)7-4-16-37-51(48,49)32-9-3-2-8-28(32)35(44)45/h2-3,8-9,11-12,23,27,37H,4-7,10,13-22,24H2,1H3,(H,44,45). The number of aromatic nitrogens is 2. The normalized spacial score (nSPS) is 18.0. The van der Waals surface area contributed by atoms with Gasteiger partial charge in [0.1, 0.15) is 0 Å². The summed E-state index contributed by atoms with van der Waals surface area (Å²) in [6.07, 6.45) is 7.13. The van der Waals surface area contributed by atoms with Crippen LogP contribution in [0.15, 0.2) is 47.4 Å². The van der Waals surface area contributed by atoms with Crippen LogP contribution in [0, 0.1) is 0 Å². The monoisotopic (exact) mass is 760 g/mol. The molecule has 0 saturated carbocycles. The number of nitrogens with one attached hydrogen (secondary N) is 1. The van der Waals surface area contributed by atoms with E-state index in [0.717, 1.165) is 74.2 Å². The second-order valence-electron chi connectivity index (χ2n) is 13.6. The van der Waals surface area contributed by atoms with Gasteiger partial charge < -0.3 is 14.9 Å². The van der Waals surface area contributed by atoms with Crippen LogP contribution in [-0.4, -0.2) is 109 Å². The predicted octanol–water partition coefficient (Wildman–Crippen LogP) is 3.61. The Morgan fingerprint density at radius 3 is 2.47 bits per heavy atom. The molecule has 6 rings (SSSR count). The van der Waals surface area contributed by atoms with Gasteiger partial charge in [-0.05, 0) is 74.9 Å². The first kappa shape index (κ1) is 37.4. The van der Waals surface area contributed by atoms with Crippen molar-refractivity contribution in [1.29, 1.82) is 0 Å². The van der Waals surface area contributed by atoms with Crippen molar-refractivity contribution < 1.29 is 31.5 Å². The van der Waals surface area contributed by atoms with E-state index < -0.39 is 26.0 Å². The average Bonchev–Trinajstić information content (AvgIpc) is 3.70. The Balaban J connectivity index is 1.13. The van der Waals surface area contributed by atoms with E-state index >= 15 is 0 Å². The van der Waals surface area contributed by atoms with E-state index in [1.54, 1.807) is 6.07 Å². The zero-order valence-corrected chi connectivity index (χ0v) is 31.1. The minimum atomic E-state index is -4.05. The zero-order chi connectivity index (χ0) is 36.3. The van der Waals surface area contributed by atoms with Gasteiger partial charge in [0.15, 0.2) is 0 Å². The minimum absolute atomic E-state index is 0.0677. The smallest absolute Gasteiger partial charge is 0.337 e. The Morgan fingerprint density at radius 1 is 1.00 bits per heavy atom. The predicted molar refractivity (Wildman–Crippen MR) is 194 cm³/mol. The number of benzene rings is 2. The first-order valence-corrected chi connectivity index (χ1v) is 21.2. The van der Waals surface area contributed by atoms with E-state index in [2.05, 4.69) is 14.5 Å². The van der Waals surface area contributed by atoms with Gasteiger partial charge in [-0.3, -0.25) is 9.48 Å². The Bertz CT molecular complexity index is 1990. The number of fused-ring (bicyclic) bond motifs is 1. The molecule has 16 heteroatoms. The van der Waals surface area contributed by atoms with Crippen LogP contribution in [0.25, 0.3) is 11.3 Å². The fourth-order valence-electron chi connectivity index (χ4n) is 7.47. The third-order valence-electron chi connectivity index (χ3n) is 10.2. The van der Waals surface area contributed by atoms with Gasteiger partial charge in [-0.25, -0.2) is 26.4 Å². The second kappa shape index (κ2) is 15.7. The van der Waals surface area contributed by atoms with Gasteiger partial charge in [0.2, 0.25) is 26.0 Å². The molecule has 4 heterocycles. The fourth-order valence-corrected chi connectivity index (χ4v) is 9.74. The van der Waals surface area contributed by atoms with Crippen molar-refractivity contribution in [2.75, 3.05) is 45.5 Å². The van der Waals surface area contributed by atoms with Crippen molar-refractivity contribution in [3.63, 3.8) is 0 Å². The SMILES string of the molecule is CS(=O)(=O)N1CCc2c(c(-c3ccc(Cl)c(CCCNS(=O)(=O)c4ccccc4C(=O)O)c3)nn2CCCN2CCC(N3CCCC3=O)CC2)C1. The van der Waals surface area contributed by atoms with Gasteiger partial charge in [0.25, 0.3) is 0 Å². The fraction of sp³-hybridized carbons (Fsp3) is 0.514. The summed E-state index contributed by atoms with van der Waals surface area (Å²) >= 11 is 6.59. The van der Waals surface area contributed by atoms with Crippen molar-refractivity contribution >= 4 is 43.5 Å². The molecule has 51 heavy (non-hydrogen) atoms. The topological polar surface area (TPSA) is 162 Å². The zero-order valence-electron chi connectivity index (χ0n) is 28.8. The highest BCUT2D eigenvalue weighted by molar-refractivity contribution is 7.89. The van der Waals surface area contributed by atoms with Crippen molar-refractivity contribution in [2.45, 2.75) is 75.4 Å². The van der Waals surface area contributed by atoms with Crippen molar-refractivity contribution in [2.24, 2.45) is 0 Å². The lowest BCUT2D eigenvalue weighted by Crippen LogP contribution is -2.45. The number of hydrogen-bond acceptors (Lipinski definition) is 8. The lowest BCUT2D eigenvalue weighted by atomic mass is 9.99. The largest absolute Gasteiger partial charge is 0.478 e. The van der Waals surface area contributed by atoms with Crippen LogP contribution < -0.4 is 4.72 Å². The molecule has 2 saturated heterocycles. The highest BCUT2D eigenvalue weighted by atomic mass is 35.5. The number of carboxylic acid groups (broad SMARTS) is 1. The van der Waals surface area contributed by atoms with E-state index in [4.69, 9.17) is 16.7 Å². The van der Waals surface area contributed by atoms with Gasteiger partial charge in [-0.2, -0.15) is 9.40 Å². The van der Waals surface area contributed by atoms with Crippen molar-refractivity contribution in [3.8, 4) is 11.3 Å². The van der Waals surface area contributed by atoms with Crippen molar-refractivity contribution in [1.82, 2.24) is 28.6 Å². The molecular weight excluding hydrogens is 716 g/mol. The number of aromatic carboxylic acids is 1. The minimum Gasteiger partial charge on any atom is -0.478 e. The molecule has 0 bridgehead atoms. The molecule has 13 nitrogen and oxygen atoms in total. The molecule has 0 spiro atoms. The third-order valence-corrected chi connectivity index (χ3v) is 13.3. The van der Waals surface area contributed by atoms with Crippen LogP contribution in [0.1, 0.15) is 65.7 Å². The summed E-state index contributed by atoms with van der Waals surface area (Å²) in [4.78, 5) is 28.0. The first-order valence-electron chi connectivity index (χ1n) is 17.5. The van der Waals surface area contributed by atoms with Gasteiger partial charge in [-0.1, -0.05) is 29.8 Å². The quantitative estimate of drug-likeness (QED) is 0.234. The Kier molecular flexibility index (Phi) is 11.5. The maximum atomic E-state index is 12.9. The number of piperidine rings is 1. The average molecular weight is 761 g/mol. The second-order valence-corrected chi connectivity index (χ2v) is 17.7. The molecular formula is C35H45ClN6O7S2. The Labute approximate surface area is 304 Å². The van der Waals surface area contributed by atoms with Crippen LogP contribution in [0.5, 0.6) is 0 Å². The molecule has 2 N–H and O–H groups in total. The molecule has 1 aromatic heterocycles. The summed E-state index contributed by atoms with van der Waals surface area (Å²) in [5.41, 5.74) is 3.91. The summed E-state index contributed by atoms with van der Waals surface area (Å²) in [5, 5.41) is 15.0. The molecule has 1 amide bonds. The first-order chi connectivity index (χ1) is 24.3. The number of likely N-dealkylation sites (tertiary alicyclic amines) is 2. The van der Waals surface area contributed by atoms with Crippen LogP contribution in [0.3, 0.4) is 0 Å². The van der Waals surface area contributed by atoms with E-state index in [1.807, 2.05) is 16.8 Å². The maximum Gasteiger partial charge on any atom is 0.337 e. The number of carbonyl (C=O) groups is 2. The molecule has 0 atom stereocenters. The van der Waals surface area contributed by atoms with Gasteiger partial charge in [0.05, 0.1) is 22.4 Å². The molecule has 276 valence electrons. The molecule has 2 aromatic carbocycles. The molecule has 2 fully saturated rings. The number of nitrogens with zero attached hydrogens (tertiary/aromatic N) is 5. The van der Waals surface area contributed by atoms with Crippen molar-refractivity contribution in [3.05, 3.63) is 69.9 Å². The molecule has 0 radical (unpaired) electrons. The molecule has 0 aliphatic carbocycles. The maximum absolute atomic E-state index is 12.9. The lowest BCUT2D eigenvalue weighted by Gasteiger charge is -2.36. The van der Waals surface area contributed by atoms with Gasteiger partial charge >= 0.3 is 5.97 Å². The number of hydrogen-bond donors (Lipinski definition) is 2. The van der Waals surface area contributed by atoms with E-state index in [0.29, 0.717) is 61.4 Å². The lowest BCUT2D eigenvalue weighted by molar-refractivity contribution is -0.130. The number of halogens is 1. The summed E-state index contributed by atoms with van der Waals surface area (Å²) in [5.74, 6) is -1.03. The van der Waals surface area contributed by atoms with Crippen LogP contribution >= 0.6 is 11.6 Å². The summed E-state index contributed by atoms with van der Waals surface area (Å²) in [6, 6.07) is 11.4. The summed E-state index contributed by atoms with van der Waals surface area (Å²) in [7, 11) is -7.47. The molecule has 0 unspecified atom stereocenters. The number of carbonyl (C=O) groups excluding carboxylic acids is 1. The highest BCUT2D eigenvalue weighted by Gasteiger charge is 2.32. The van der Waals surface area contributed by atoms with Gasteiger partial charge in [-0.15, -0.1) is 0 Å². The van der Waals surface area contributed by atoms with E-state index in [9.17, 15) is 31.5 Å². The number of rotatable bonds is 14. The van der Waals surface area contributed by atoms with Crippen LogP contribution in [0.2, 0.25) is 5.02 Å². The number of amides is 1. The molecule has 3 aliphatic heterocycles. The van der Waals surface area contributed by atoms with Crippen LogP contribution in [-0.2, 0) is 50.8 Å². The molecule has 3 aliphatic rings. The number of carboxylic acids is 1. The highest BCUT2D eigenvalue weighted by Crippen LogP contribution is 2.33. The number of sulfonamides is 2. The Morgan fingerprint density at radius 2 is 1.76 bits per heavy atom. The molecule has 3 aromatic rings. The van der Waals surface area contributed by atoms with E-state index in [-0.39, 0.29) is 23.5 Å². The summed E-state index contributed by atoms with van der Waals surface area (Å²) in [6.45, 7) is 5.10. The Hall–Kier alpha value is -3.34.